The normalized spacial score (nSPS) is 10.9. The zero-order valence-corrected chi connectivity index (χ0v) is 19.0. The van der Waals surface area contributed by atoms with Crippen molar-refractivity contribution < 1.29 is 19.1 Å². The maximum Gasteiger partial charge on any atom is 0.357 e. The molecule has 2 heterocycles. The van der Waals surface area contributed by atoms with Gasteiger partial charge in [0.2, 0.25) is 5.78 Å². The van der Waals surface area contributed by atoms with Crippen molar-refractivity contribution >= 4 is 22.7 Å². The molecule has 0 spiro atoms. The Morgan fingerprint density at radius 1 is 0.970 bits per heavy atom. The Hall–Kier alpha value is -3.93. The van der Waals surface area contributed by atoms with Crippen molar-refractivity contribution in [3.8, 4) is 5.75 Å². The highest BCUT2D eigenvalue weighted by molar-refractivity contribution is 6.00. The van der Waals surface area contributed by atoms with Gasteiger partial charge in [0.05, 0.1) is 12.6 Å². The number of hydrogen-bond donors (Lipinski definition) is 0. The Balaban J connectivity index is 1.39. The summed E-state index contributed by atoms with van der Waals surface area (Å²) in [4.78, 5) is 29.6. The van der Waals surface area contributed by atoms with Crippen molar-refractivity contribution in [3.05, 3.63) is 94.9 Å². The van der Waals surface area contributed by atoms with E-state index < -0.39 is 5.97 Å². The van der Waals surface area contributed by atoms with E-state index in [1.165, 1.54) is 5.56 Å². The number of benzene rings is 2. The molecule has 0 amide bonds. The van der Waals surface area contributed by atoms with E-state index in [2.05, 4.69) is 9.55 Å². The molecule has 2 aromatic heterocycles. The molecule has 0 aliphatic rings. The van der Waals surface area contributed by atoms with E-state index in [4.69, 9.17) is 9.47 Å². The number of aromatic nitrogens is 2. The molecule has 0 unspecified atom stereocenters. The third-order valence-electron chi connectivity index (χ3n) is 5.80. The first-order valence-electron chi connectivity index (χ1n) is 10.8. The molecule has 0 aliphatic heterocycles. The van der Waals surface area contributed by atoms with Crippen molar-refractivity contribution in [3.63, 3.8) is 0 Å². The number of rotatable bonds is 8. The van der Waals surface area contributed by atoms with Gasteiger partial charge >= 0.3 is 5.97 Å². The minimum absolute atomic E-state index is 0.187. The first-order valence-corrected chi connectivity index (χ1v) is 10.8. The molecule has 168 valence electrons. The number of esters is 1. The van der Waals surface area contributed by atoms with Gasteiger partial charge in [0.1, 0.15) is 11.4 Å². The van der Waals surface area contributed by atoms with Crippen LogP contribution in [0, 0.1) is 13.8 Å². The van der Waals surface area contributed by atoms with Crippen LogP contribution in [-0.4, -0.2) is 35.0 Å². The fraction of sp³-hybridized carbons (Fsp3) is 0.222. The summed E-state index contributed by atoms with van der Waals surface area (Å²) in [6.45, 7) is 4.32. The fourth-order valence-corrected chi connectivity index (χ4v) is 3.92. The lowest BCUT2D eigenvalue weighted by atomic mass is 10.1. The van der Waals surface area contributed by atoms with Crippen LogP contribution in [0.4, 0.5) is 0 Å². The first kappa shape index (κ1) is 22.3. The summed E-state index contributed by atoms with van der Waals surface area (Å²) in [7, 11) is 1.65. The maximum absolute atomic E-state index is 12.8. The van der Waals surface area contributed by atoms with E-state index in [9.17, 15) is 9.59 Å². The number of fused-ring (bicyclic) bond motifs is 1. The molecule has 0 bridgehead atoms. The number of carbonyl (C=O) groups excluding carboxylic acids is 2. The second-order valence-corrected chi connectivity index (χ2v) is 7.92. The second kappa shape index (κ2) is 9.69. The average Bonchev–Trinajstić information content (AvgIpc) is 3.14. The molecular weight excluding hydrogens is 416 g/mol. The van der Waals surface area contributed by atoms with Crippen molar-refractivity contribution in [2.24, 2.45) is 0 Å². The topological polar surface area (TPSA) is 70.4 Å². The Morgan fingerprint density at radius 3 is 2.48 bits per heavy atom. The number of Topliss-reactive ketones (excluding diaryl/α,β-unsaturated/α-hetero) is 1. The number of para-hydroxylation sites is 1. The lowest BCUT2D eigenvalue weighted by Gasteiger charge is -2.10. The molecule has 0 aliphatic carbocycles. The van der Waals surface area contributed by atoms with Crippen LogP contribution in [-0.2, 0) is 17.7 Å². The molecule has 0 saturated heterocycles. The standard InChI is InChI=1S/C27H26N2O4/c1-18-16-23(19(2)29(18)15-14-20-8-11-22(32-3)12-9-20)26(30)17-33-27(31)25-13-10-21-6-4-5-7-24(21)28-25/h4-13,16H,14-15,17H2,1-3H3. The fourth-order valence-electron chi connectivity index (χ4n) is 3.92. The number of methoxy groups -OCH3 is 1. The van der Waals surface area contributed by atoms with Crippen molar-refractivity contribution in [1.29, 1.82) is 0 Å². The highest BCUT2D eigenvalue weighted by atomic mass is 16.5. The van der Waals surface area contributed by atoms with Gasteiger partial charge in [-0.15, -0.1) is 0 Å². The number of ketones is 1. The van der Waals surface area contributed by atoms with Gasteiger partial charge in [-0.3, -0.25) is 4.79 Å². The summed E-state index contributed by atoms with van der Waals surface area (Å²) in [6, 6.07) is 20.8. The van der Waals surface area contributed by atoms with Crippen LogP contribution in [0.1, 0.15) is 37.8 Å². The highest BCUT2D eigenvalue weighted by Gasteiger charge is 2.18. The monoisotopic (exact) mass is 442 g/mol. The molecule has 33 heavy (non-hydrogen) atoms. The number of hydrogen-bond acceptors (Lipinski definition) is 5. The van der Waals surface area contributed by atoms with E-state index >= 15 is 0 Å². The molecule has 0 fully saturated rings. The molecular formula is C27H26N2O4. The summed E-state index contributed by atoms with van der Waals surface area (Å²) in [5.41, 5.74) is 4.51. The first-order chi connectivity index (χ1) is 16.0. The summed E-state index contributed by atoms with van der Waals surface area (Å²) in [5, 5.41) is 0.937. The largest absolute Gasteiger partial charge is 0.497 e. The van der Waals surface area contributed by atoms with Gasteiger partial charge in [0.15, 0.2) is 6.61 Å². The van der Waals surface area contributed by atoms with Gasteiger partial charge in [-0.1, -0.05) is 36.4 Å². The van der Waals surface area contributed by atoms with Gasteiger partial charge in [0, 0.05) is 28.9 Å². The van der Waals surface area contributed by atoms with Crippen molar-refractivity contribution in [2.75, 3.05) is 13.7 Å². The Labute approximate surface area is 192 Å². The van der Waals surface area contributed by atoms with Gasteiger partial charge < -0.3 is 14.0 Å². The van der Waals surface area contributed by atoms with E-state index in [1.54, 1.807) is 13.2 Å². The Kier molecular flexibility index (Phi) is 6.54. The number of aryl methyl sites for hydroxylation is 2. The lowest BCUT2D eigenvalue weighted by molar-refractivity contribution is 0.0469. The molecule has 4 rings (SSSR count). The van der Waals surface area contributed by atoms with Crippen LogP contribution in [0.2, 0.25) is 0 Å². The number of pyridine rings is 1. The minimum Gasteiger partial charge on any atom is -0.497 e. The van der Waals surface area contributed by atoms with E-state index in [-0.39, 0.29) is 18.1 Å². The molecule has 6 heteroatoms. The molecule has 0 N–H and O–H groups in total. The molecule has 0 atom stereocenters. The highest BCUT2D eigenvalue weighted by Crippen LogP contribution is 2.19. The van der Waals surface area contributed by atoms with Crippen LogP contribution >= 0.6 is 0 Å². The lowest BCUT2D eigenvalue weighted by Crippen LogP contribution is -2.16. The van der Waals surface area contributed by atoms with E-state index in [1.807, 2.05) is 74.5 Å². The van der Waals surface area contributed by atoms with Crippen LogP contribution < -0.4 is 4.74 Å². The third kappa shape index (κ3) is 4.95. The molecule has 2 aromatic carbocycles. The van der Waals surface area contributed by atoms with Crippen LogP contribution in [0.3, 0.4) is 0 Å². The third-order valence-corrected chi connectivity index (χ3v) is 5.80. The van der Waals surface area contributed by atoms with Gasteiger partial charge in [-0.25, -0.2) is 9.78 Å². The smallest absolute Gasteiger partial charge is 0.357 e. The zero-order chi connectivity index (χ0) is 23.4. The second-order valence-electron chi connectivity index (χ2n) is 7.92. The quantitative estimate of drug-likeness (QED) is 0.285. The Morgan fingerprint density at radius 2 is 1.73 bits per heavy atom. The summed E-state index contributed by atoms with van der Waals surface area (Å²) < 4.78 is 12.6. The van der Waals surface area contributed by atoms with Gasteiger partial charge in [0.25, 0.3) is 0 Å². The Bertz CT molecular complexity index is 1310. The van der Waals surface area contributed by atoms with Crippen LogP contribution in [0.25, 0.3) is 10.9 Å². The van der Waals surface area contributed by atoms with Crippen molar-refractivity contribution in [2.45, 2.75) is 26.8 Å². The number of ether oxygens (including phenoxy) is 2. The summed E-state index contributed by atoms with van der Waals surface area (Å²) in [6.07, 6.45) is 0.830. The summed E-state index contributed by atoms with van der Waals surface area (Å²) in [5.74, 6) is -0.0104. The van der Waals surface area contributed by atoms with Crippen LogP contribution in [0.15, 0.2) is 66.7 Å². The number of nitrogens with zero attached hydrogens (tertiary/aromatic N) is 2. The van der Waals surface area contributed by atoms with Gasteiger partial charge in [-0.05, 0) is 56.2 Å². The SMILES string of the molecule is COc1ccc(CCn2c(C)cc(C(=O)COC(=O)c3ccc4ccccc4n3)c2C)cc1. The van der Waals surface area contributed by atoms with E-state index in [0.717, 1.165) is 35.5 Å². The number of carbonyl (C=O) groups is 2. The van der Waals surface area contributed by atoms with Crippen molar-refractivity contribution in [1.82, 2.24) is 9.55 Å². The molecule has 0 radical (unpaired) electrons. The predicted octanol–water partition coefficient (Wildman–Crippen LogP) is 4.94. The molecule has 4 aromatic rings. The van der Waals surface area contributed by atoms with Gasteiger partial charge in [-0.2, -0.15) is 0 Å². The zero-order valence-electron chi connectivity index (χ0n) is 19.0. The average molecular weight is 443 g/mol. The van der Waals surface area contributed by atoms with Crippen LogP contribution in [0.5, 0.6) is 5.75 Å². The molecule has 0 saturated carbocycles. The molecule has 6 nitrogen and oxygen atoms in total. The summed E-state index contributed by atoms with van der Waals surface area (Å²) >= 11 is 0. The van der Waals surface area contributed by atoms with E-state index in [0.29, 0.717) is 11.1 Å². The predicted molar refractivity (Wildman–Crippen MR) is 127 cm³/mol. The minimum atomic E-state index is -0.609. The maximum atomic E-state index is 12.8.